The van der Waals surface area contributed by atoms with Crippen molar-refractivity contribution in [3.63, 3.8) is 0 Å². The van der Waals surface area contributed by atoms with E-state index in [9.17, 15) is 9.18 Å². The predicted molar refractivity (Wildman–Crippen MR) is 91.6 cm³/mol. The highest BCUT2D eigenvalue weighted by atomic mass is 19.1. The van der Waals surface area contributed by atoms with Crippen molar-refractivity contribution in [2.75, 3.05) is 25.0 Å². The van der Waals surface area contributed by atoms with Crippen molar-refractivity contribution in [2.45, 2.75) is 50.8 Å². The van der Waals surface area contributed by atoms with Crippen LogP contribution in [0.3, 0.4) is 0 Å². The lowest BCUT2D eigenvalue weighted by Crippen LogP contribution is -2.51. The summed E-state index contributed by atoms with van der Waals surface area (Å²) in [6.07, 6.45) is 3.84. The third-order valence-electron chi connectivity index (χ3n) is 4.89. The molecule has 2 amide bonds. The highest BCUT2D eigenvalue weighted by molar-refractivity contribution is 5.74. The summed E-state index contributed by atoms with van der Waals surface area (Å²) in [5.41, 5.74) is 0.535. The fourth-order valence-electron chi connectivity index (χ4n) is 3.40. The van der Waals surface area contributed by atoms with Gasteiger partial charge >= 0.3 is 6.03 Å². The maximum Gasteiger partial charge on any atom is 0.317 e. The van der Waals surface area contributed by atoms with Crippen LogP contribution < -0.4 is 10.6 Å². The summed E-state index contributed by atoms with van der Waals surface area (Å²) in [7, 11) is 0. The van der Waals surface area contributed by atoms with Gasteiger partial charge in [0.15, 0.2) is 0 Å². The molecular formula is C18H26FN3O2. The number of nitrogens with zero attached hydrogens (tertiary/aromatic N) is 1. The first-order valence-corrected chi connectivity index (χ1v) is 8.81. The number of anilines is 1. The van der Waals surface area contributed by atoms with Crippen LogP contribution in [-0.4, -0.2) is 48.8 Å². The molecule has 2 aliphatic heterocycles. The number of carbonyl (C=O) groups is 1. The van der Waals surface area contributed by atoms with Crippen LogP contribution in [0.1, 0.15) is 32.6 Å². The van der Waals surface area contributed by atoms with Gasteiger partial charge in [0.2, 0.25) is 0 Å². The largest absolute Gasteiger partial charge is 0.380 e. The van der Waals surface area contributed by atoms with E-state index in [4.69, 9.17) is 4.74 Å². The lowest BCUT2D eigenvalue weighted by atomic mass is 10.0. The second-order valence-electron chi connectivity index (χ2n) is 6.68. The minimum Gasteiger partial charge on any atom is -0.380 e. The van der Waals surface area contributed by atoms with Gasteiger partial charge in [0.25, 0.3) is 0 Å². The molecule has 2 atom stereocenters. The van der Waals surface area contributed by atoms with Crippen LogP contribution in [-0.2, 0) is 4.74 Å². The Kier molecular flexibility index (Phi) is 5.56. The molecule has 0 radical (unpaired) electrons. The molecule has 0 unspecified atom stereocenters. The standard InChI is InChI=1S/C18H26FN3O2/c1-13(17-7-4-12-24-17)20-18(23)22-10-8-14(9-11-22)21-16-6-3-2-5-15(16)19/h2-3,5-6,13-14,17,21H,4,7-12H2,1H3,(H,20,23)/t13-,17-/m1/s1. The number of piperidine rings is 1. The Balaban J connectivity index is 1.44. The highest BCUT2D eigenvalue weighted by Gasteiger charge is 2.27. The van der Waals surface area contributed by atoms with E-state index >= 15 is 0 Å². The van der Waals surface area contributed by atoms with Gasteiger partial charge in [0.1, 0.15) is 5.82 Å². The number of nitrogens with one attached hydrogen (secondary N) is 2. The summed E-state index contributed by atoms with van der Waals surface area (Å²) in [6, 6.07) is 6.91. The van der Waals surface area contributed by atoms with Crippen molar-refractivity contribution in [2.24, 2.45) is 0 Å². The zero-order valence-electron chi connectivity index (χ0n) is 14.1. The maximum absolute atomic E-state index is 13.7. The number of carbonyl (C=O) groups excluding carboxylic acids is 1. The first-order valence-electron chi connectivity index (χ1n) is 8.81. The molecule has 2 fully saturated rings. The van der Waals surface area contributed by atoms with Crippen LogP contribution in [0.5, 0.6) is 0 Å². The number of likely N-dealkylation sites (tertiary alicyclic amines) is 1. The van der Waals surface area contributed by atoms with Crippen molar-refractivity contribution in [3.8, 4) is 0 Å². The molecule has 0 aromatic heterocycles. The van der Waals surface area contributed by atoms with E-state index in [0.717, 1.165) is 32.3 Å². The number of ether oxygens (including phenoxy) is 1. The highest BCUT2D eigenvalue weighted by Crippen LogP contribution is 2.20. The fourth-order valence-corrected chi connectivity index (χ4v) is 3.40. The molecular weight excluding hydrogens is 309 g/mol. The summed E-state index contributed by atoms with van der Waals surface area (Å²) in [6.45, 7) is 4.14. The Morgan fingerprint density at radius 2 is 2.04 bits per heavy atom. The second kappa shape index (κ2) is 7.83. The molecule has 1 aromatic rings. The molecule has 2 saturated heterocycles. The summed E-state index contributed by atoms with van der Waals surface area (Å²) in [5, 5.41) is 6.29. The summed E-state index contributed by atoms with van der Waals surface area (Å²) < 4.78 is 19.3. The van der Waals surface area contributed by atoms with E-state index in [1.165, 1.54) is 6.07 Å². The average molecular weight is 335 g/mol. The van der Waals surface area contributed by atoms with Crippen LogP contribution in [0.25, 0.3) is 0 Å². The molecule has 3 rings (SSSR count). The molecule has 132 valence electrons. The van der Waals surface area contributed by atoms with Gasteiger partial charge in [-0.1, -0.05) is 12.1 Å². The van der Waals surface area contributed by atoms with Crippen LogP contribution in [0.15, 0.2) is 24.3 Å². The van der Waals surface area contributed by atoms with Gasteiger partial charge in [-0.05, 0) is 44.7 Å². The van der Waals surface area contributed by atoms with Gasteiger partial charge in [0.05, 0.1) is 17.8 Å². The summed E-state index contributed by atoms with van der Waals surface area (Å²) >= 11 is 0. The molecule has 0 spiro atoms. The number of amides is 2. The molecule has 2 N–H and O–H groups in total. The second-order valence-corrected chi connectivity index (χ2v) is 6.68. The Bertz CT molecular complexity index is 555. The van der Waals surface area contributed by atoms with E-state index in [1.807, 2.05) is 17.9 Å². The lowest BCUT2D eigenvalue weighted by Gasteiger charge is -2.34. The number of hydrogen-bond donors (Lipinski definition) is 2. The number of urea groups is 1. The molecule has 0 bridgehead atoms. The Morgan fingerprint density at radius 1 is 1.29 bits per heavy atom. The number of benzene rings is 1. The first kappa shape index (κ1) is 17.0. The minimum absolute atomic E-state index is 0.0256. The SMILES string of the molecule is C[C@@H](NC(=O)N1CCC(Nc2ccccc2F)CC1)[C@H]1CCCO1. The number of para-hydroxylation sites is 1. The number of hydrogen-bond acceptors (Lipinski definition) is 3. The fraction of sp³-hybridized carbons (Fsp3) is 0.611. The third-order valence-corrected chi connectivity index (χ3v) is 4.89. The molecule has 2 heterocycles. The quantitative estimate of drug-likeness (QED) is 0.889. The molecule has 5 nitrogen and oxygen atoms in total. The Hall–Kier alpha value is -1.82. The van der Waals surface area contributed by atoms with Crippen LogP contribution in [0.4, 0.5) is 14.9 Å². The maximum atomic E-state index is 13.7. The van der Waals surface area contributed by atoms with Crippen molar-refractivity contribution in [1.29, 1.82) is 0 Å². The Morgan fingerprint density at radius 3 is 2.71 bits per heavy atom. The lowest BCUT2D eigenvalue weighted by molar-refractivity contribution is 0.0825. The molecule has 1 aromatic carbocycles. The number of halogens is 1. The van der Waals surface area contributed by atoms with Gasteiger partial charge in [-0.25, -0.2) is 9.18 Å². The van der Waals surface area contributed by atoms with Gasteiger partial charge in [-0.15, -0.1) is 0 Å². The molecule has 6 heteroatoms. The van der Waals surface area contributed by atoms with Gasteiger partial charge in [-0.3, -0.25) is 0 Å². The third kappa shape index (κ3) is 4.17. The van der Waals surface area contributed by atoms with Crippen molar-refractivity contribution in [1.82, 2.24) is 10.2 Å². The van der Waals surface area contributed by atoms with E-state index in [1.54, 1.807) is 12.1 Å². The van der Waals surface area contributed by atoms with Crippen LogP contribution in [0.2, 0.25) is 0 Å². The van der Waals surface area contributed by atoms with E-state index < -0.39 is 0 Å². The summed E-state index contributed by atoms with van der Waals surface area (Å²) in [5.74, 6) is -0.233. The zero-order chi connectivity index (χ0) is 16.9. The van der Waals surface area contributed by atoms with E-state index in [2.05, 4.69) is 10.6 Å². The topological polar surface area (TPSA) is 53.6 Å². The normalized spacial score (nSPS) is 23.1. The van der Waals surface area contributed by atoms with Gasteiger partial charge in [-0.2, -0.15) is 0 Å². The Labute approximate surface area is 142 Å². The minimum atomic E-state index is -0.233. The molecule has 24 heavy (non-hydrogen) atoms. The van der Waals surface area contributed by atoms with Gasteiger partial charge in [0, 0.05) is 25.7 Å². The van der Waals surface area contributed by atoms with Crippen molar-refractivity contribution >= 4 is 11.7 Å². The molecule has 0 saturated carbocycles. The summed E-state index contributed by atoms with van der Waals surface area (Å²) in [4.78, 5) is 14.2. The van der Waals surface area contributed by atoms with Crippen LogP contribution in [0, 0.1) is 5.82 Å². The number of rotatable bonds is 4. The van der Waals surface area contributed by atoms with Crippen molar-refractivity contribution < 1.29 is 13.9 Å². The first-order chi connectivity index (χ1) is 11.6. The zero-order valence-corrected chi connectivity index (χ0v) is 14.1. The average Bonchev–Trinajstić information content (AvgIpc) is 3.12. The predicted octanol–water partition coefficient (Wildman–Crippen LogP) is 2.98. The molecule has 0 aliphatic carbocycles. The van der Waals surface area contributed by atoms with E-state index in [-0.39, 0.29) is 30.0 Å². The van der Waals surface area contributed by atoms with Gasteiger partial charge < -0.3 is 20.3 Å². The molecule has 2 aliphatic rings. The van der Waals surface area contributed by atoms with E-state index in [0.29, 0.717) is 18.8 Å². The monoisotopic (exact) mass is 335 g/mol. The van der Waals surface area contributed by atoms with Crippen LogP contribution >= 0.6 is 0 Å². The van der Waals surface area contributed by atoms with Crippen molar-refractivity contribution in [3.05, 3.63) is 30.1 Å². The smallest absolute Gasteiger partial charge is 0.317 e.